The molecule has 0 aromatic heterocycles. The smallest absolute Gasteiger partial charge is 0.258 e. The molecule has 3 heteroatoms. The first kappa shape index (κ1) is 19.3. The van der Waals surface area contributed by atoms with Crippen molar-refractivity contribution in [2.75, 3.05) is 0 Å². The number of nitrogens with zero attached hydrogens (tertiary/aromatic N) is 1. The van der Waals surface area contributed by atoms with Crippen molar-refractivity contribution < 1.29 is 4.92 Å². The maximum atomic E-state index is 11.2. The molecule has 0 radical (unpaired) electrons. The van der Waals surface area contributed by atoms with Crippen molar-refractivity contribution in [3.8, 4) is 0 Å². The van der Waals surface area contributed by atoms with Crippen molar-refractivity contribution in [2.45, 2.75) is 6.92 Å². The van der Waals surface area contributed by atoms with Crippen LogP contribution in [0.1, 0.15) is 27.8 Å². The average molecular weight is 391 g/mol. The minimum absolute atomic E-state index is 0.0861. The molecule has 3 nitrogen and oxygen atoms in total. The van der Waals surface area contributed by atoms with Crippen LogP contribution in [0.15, 0.2) is 109 Å². The van der Waals surface area contributed by atoms with Crippen LogP contribution in [0, 0.1) is 17.0 Å². The molecule has 4 aromatic rings. The first-order valence-corrected chi connectivity index (χ1v) is 9.80. The van der Waals surface area contributed by atoms with Crippen LogP contribution in [0.3, 0.4) is 0 Å². The van der Waals surface area contributed by atoms with Gasteiger partial charge in [0.05, 0.1) is 4.92 Å². The van der Waals surface area contributed by atoms with E-state index < -0.39 is 0 Å². The summed E-state index contributed by atoms with van der Waals surface area (Å²) < 4.78 is 0. The number of aryl methyl sites for hydroxylation is 1. The zero-order chi connectivity index (χ0) is 20.9. The fourth-order valence-corrected chi connectivity index (χ4v) is 3.59. The summed E-state index contributed by atoms with van der Waals surface area (Å²) in [5.74, 6) is 0. The largest absolute Gasteiger partial charge is 0.269 e. The SMILES string of the molecule is Cc1ccc(C(=C(c2ccccc2)c2ccccc2)c2ccc([N+](=O)[O-])cc2)cc1. The number of nitro groups is 1. The third-order valence-corrected chi connectivity index (χ3v) is 5.08. The number of non-ortho nitro benzene ring substituents is 1. The van der Waals surface area contributed by atoms with Gasteiger partial charge in [0.2, 0.25) is 0 Å². The van der Waals surface area contributed by atoms with Gasteiger partial charge < -0.3 is 0 Å². The maximum Gasteiger partial charge on any atom is 0.269 e. The summed E-state index contributed by atoms with van der Waals surface area (Å²) in [7, 11) is 0. The van der Waals surface area contributed by atoms with Gasteiger partial charge in [0.25, 0.3) is 5.69 Å². The minimum Gasteiger partial charge on any atom is -0.258 e. The summed E-state index contributed by atoms with van der Waals surface area (Å²) in [5, 5.41) is 11.2. The summed E-state index contributed by atoms with van der Waals surface area (Å²) in [6.45, 7) is 2.06. The van der Waals surface area contributed by atoms with Crippen LogP contribution in [0.2, 0.25) is 0 Å². The molecule has 0 amide bonds. The van der Waals surface area contributed by atoms with Crippen molar-refractivity contribution in [3.63, 3.8) is 0 Å². The van der Waals surface area contributed by atoms with Crippen LogP contribution in [0.4, 0.5) is 5.69 Å². The van der Waals surface area contributed by atoms with E-state index in [4.69, 9.17) is 0 Å². The van der Waals surface area contributed by atoms with Crippen LogP contribution in [0.5, 0.6) is 0 Å². The Kier molecular flexibility index (Phi) is 5.53. The van der Waals surface area contributed by atoms with E-state index in [0.717, 1.165) is 33.4 Å². The Morgan fingerprint density at radius 1 is 0.567 bits per heavy atom. The fourth-order valence-electron chi connectivity index (χ4n) is 3.59. The third-order valence-electron chi connectivity index (χ3n) is 5.08. The molecular formula is C27H21NO2. The molecule has 0 spiro atoms. The highest BCUT2D eigenvalue weighted by molar-refractivity contribution is 6.04. The lowest BCUT2D eigenvalue weighted by molar-refractivity contribution is -0.384. The van der Waals surface area contributed by atoms with E-state index in [1.54, 1.807) is 12.1 Å². The standard InChI is InChI=1S/C27H21NO2/c1-20-12-14-23(15-13-20)27(24-16-18-25(19-17-24)28(29)30)26(21-8-4-2-5-9-21)22-10-6-3-7-11-22/h2-19H,1H3. The van der Waals surface area contributed by atoms with E-state index in [-0.39, 0.29) is 10.6 Å². The molecule has 0 fully saturated rings. The number of rotatable bonds is 5. The molecule has 4 aromatic carbocycles. The second kappa shape index (κ2) is 8.58. The molecular weight excluding hydrogens is 370 g/mol. The van der Waals surface area contributed by atoms with Crippen molar-refractivity contribution in [1.82, 2.24) is 0 Å². The summed E-state index contributed by atoms with van der Waals surface area (Å²) in [6.07, 6.45) is 0. The molecule has 0 aliphatic heterocycles. The minimum atomic E-state index is -0.367. The predicted molar refractivity (Wildman–Crippen MR) is 122 cm³/mol. The van der Waals surface area contributed by atoms with Crippen molar-refractivity contribution in [1.29, 1.82) is 0 Å². The lowest BCUT2D eigenvalue weighted by Gasteiger charge is -2.18. The first-order chi connectivity index (χ1) is 14.6. The van der Waals surface area contributed by atoms with Crippen LogP contribution >= 0.6 is 0 Å². The molecule has 0 bridgehead atoms. The fraction of sp³-hybridized carbons (Fsp3) is 0.0370. The Morgan fingerprint density at radius 3 is 1.33 bits per heavy atom. The van der Waals surface area contributed by atoms with E-state index in [1.165, 1.54) is 5.56 Å². The zero-order valence-electron chi connectivity index (χ0n) is 16.7. The molecule has 0 atom stereocenters. The lowest BCUT2D eigenvalue weighted by atomic mass is 9.85. The summed E-state index contributed by atoms with van der Waals surface area (Å²) in [5.41, 5.74) is 7.60. The van der Waals surface area contributed by atoms with E-state index in [9.17, 15) is 10.1 Å². The van der Waals surface area contributed by atoms with Gasteiger partial charge >= 0.3 is 0 Å². The monoisotopic (exact) mass is 391 g/mol. The molecule has 0 aliphatic carbocycles. The van der Waals surface area contributed by atoms with Gasteiger partial charge in [-0.2, -0.15) is 0 Å². The molecule has 30 heavy (non-hydrogen) atoms. The van der Waals surface area contributed by atoms with Crippen molar-refractivity contribution in [3.05, 3.63) is 147 Å². The van der Waals surface area contributed by atoms with Gasteiger partial charge in [0.1, 0.15) is 0 Å². The Bertz CT molecular complexity index is 1140. The van der Waals surface area contributed by atoms with Crippen LogP contribution in [0.25, 0.3) is 11.1 Å². The van der Waals surface area contributed by atoms with Crippen molar-refractivity contribution in [2.24, 2.45) is 0 Å². The summed E-state index contributed by atoms with van der Waals surface area (Å²) in [6, 6.07) is 35.7. The summed E-state index contributed by atoms with van der Waals surface area (Å²) >= 11 is 0. The van der Waals surface area contributed by atoms with Crippen LogP contribution in [-0.2, 0) is 0 Å². The Labute approximate surface area is 176 Å². The lowest BCUT2D eigenvalue weighted by Crippen LogP contribution is -1.98. The normalized spacial score (nSPS) is 10.4. The topological polar surface area (TPSA) is 43.1 Å². The quantitative estimate of drug-likeness (QED) is 0.211. The highest BCUT2D eigenvalue weighted by Gasteiger charge is 2.17. The zero-order valence-corrected chi connectivity index (χ0v) is 16.7. The Hall–Kier alpha value is -3.98. The molecule has 146 valence electrons. The van der Waals surface area contributed by atoms with Gasteiger partial charge in [-0.15, -0.1) is 0 Å². The third kappa shape index (κ3) is 4.06. The van der Waals surface area contributed by atoms with E-state index in [1.807, 2.05) is 48.5 Å². The highest BCUT2D eigenvalue weighted by atomic mass is 16.6. The molecule has 4 rings (SSSR count). The number of benzene rings is 4. The molecule has 0 aliphatic rings. The Balaban J connectivity index is 2.05. The average Bonchev–Trinajstić information content (AvgIpc) is 2.79. The van der Waals surface area contributed by atoms with Crippen molar-refractivity contribution >= 4 is 16.8 Å². The number of nitro benzene ring substituents is 1. The van der Waals surface area contributed by atoms with Gasteiger partial charge in [-0.1, -0.05) is 90.5 Å². The molecule has 0 N–H and O–H groups in total. The van der Waals surface area contributed by atoms with Crippen LogP contribution < -0.4 is 0 Å². The predicted octanol–water partition coefficient (Wildman–Crippen LogP) is 6.91. The van der Waals surface area contributed by atoms with E-state index in [2.05, 4.69) is 55.5 Å². The molecule has 0 heterocycles. The maximum absolute atomic E-state index is 11.2. The van der Waals surface area contributed by atoms with E-state index in [0.29, 0.717) is 0 Å². The summed E-state index contributed by atoms with van der Waals surface area (Å²) in [4.78, 5) is 10.8. The van der Waals surface area contributed by atoms with E-state index >= 15 is 0 Å². The highest BCUT2D eigenvalue weighted by Crippen LogP contribution is 2.37. The Morgan fingerprint density at radius 2 is 0.933 bits per heavy atom. The van der Waals surface area contributed by atoms with Gasteiger partial charge in [-0.3, -0.25) is 10.1 Å². The molecule has 0 saturated carbocycles. The second-order valence-electron chi connectivity index (χ2n) is 7.15. The molecule has 0 saturated heterocycles. The second-order valence-corrected chi connectivity index (χ2v) is 7.15. The molecule has 0 unspecified atom stereocenters. The van der Waals surface area contributed by atoms with Crippen LogP contribution in [-0.4, -0.2) is 4.92 Å². The first-order valence-electron chi connectivity index (χ1n) is 9.80. The van der Waals surface area contributed by atoms with Gasteiger partial charge in [0, 0.05) is 12.1 Å². The number of hydrogen-bond donors (Lipinski definition) is 0. The van der Waals surface area contributed by atoms with Gasteiger partial charge in [-0.05, 0) is 52.5 Å². The van der Waals surface area contributed by atoms with Gasteiger partial charge in [0.15, 0.2) is 0 Å². The van der Waals surface area contributed by atoms with Gasteiger partial charge in [-0.25, -0.2) is 0 Å². The number of hydrogen-bond acceptors (Lipinski definition) is 2.